The summed E-state index contributed by atoms with van der Waals surface area (Å²) in [7, 11) is 4.13. The van der Waals surface area contributed by atoms with Crippen LogP contribution in [0, 0.1) is 0 Å². The van der Waals surface area contributed by atoms with Gasteiger partial charge in [-0.15, -0.1) is 11.3 Å². The van der Waals surface area contributed by atoms with Crippen molar-refractivity contribution in [2.75, 3.05) is 26.0 Å². The van der Waals surface area contributed by atoms with Crippen molar-refractivity contribution in [3.63, 3.8) is 0 Å². The first-order valence-electron chi connectivity index (χ1n) is 9.48. The molecule has 0 spiro atoms. The molecule has 3 heterocycles. The average Bonchev–Trinajstić information content (AvgIpc) is 3.44. The third-order valence-corrected chi connectivity index (χ3v) is 5.48. The standard InChI is InChI=1S/C21H23N5O2S/c1-25(2)11-12-26-10-9-15-14-16(5-6-17(15)26)22-19(27)7-8-20-23-21(24-28-20)18-4-3-13-29-18/h3-6,9-10,13-14H,7-8,11-12H2,1-2H3,(H,22,27). The maximum absolute atomic E-state index is 12.3. The van der Waals surface area contributed by atoms with Crippen molar-refractivity contribution in [2.24, 2.45) is 0 Å². The Morgan fingerprint density at radius 1 is 1.28 bits per heavy atom. The highest BCUT2D eigenvalue weighted by Crippen LogP contribution is 2.22. The van der Waals surface area contributed by atoms with Gasteiger partial charge < -0.3 is 19.3 Å². The van der Waals surface area contributed by atoms with E-state index in [0.717, 1.165) is 34.6 Å². The number of likely N-dealkylation sites (N-methyl/N-ethyl adjacent to an activating group) is 1. The highest BCUT2D eigenvalue weighted by molar-refractivity contribution is 7.13. The Bertz CT molecular complexity index is 1100. The molecule has 0 aliphatic heterocycles. The zero-order valence-corrected chi connectivity index (χ0v) is 17.3. The van der Waals surface area contributed by atoms with E-state index in [-0.39, 0.29) is 12.3 Å². The second-order valence-corrected chi connectivity index (χ2v) is 8.07. The zero-order chi connectivity index (χ0) is 20.2. The Morgan fingerprint density at radius 3 is 2.97 bits per heavy atom. The Morgan fingerprint density at radius 2 is 2.17 bits per heavy atom. The Hall–Kier alpha value is -2.97. The van der Waals surface area contributed by atoms with Crippen molar-refractivity contribution in [1.82, 2.24) is 19.6 Å². The number of thiophene rings is 1. The molecule has 8 heteroatoms. The van der Waals surface area contributed by atoms with E-state index in [1.54, 1.807) is 11.3 Å². The number of amides is 1. The number of aromatic nitrogens is 3. The Labute approximate surface area is 172 Å². The summed E-state index contributed by atoms with van der Waals surface area (Å²) in [5.74, 6) is 0.962. The zero-order valence-electron chi connectivity index (χ0n) is 16.5. The summed E-state index contributed by atoms with van der Waals surface area (Å²) in [4.78, 5) is 19.8. The van der Waals surface area contributed by atoms with Crippen LogP contribution in [0.3, 0.4) is 0 Å². The van der Waals surface area contributed by atoms with Gasteiger partial charge in [-0.2, -0.15) is 4.98 Å². The molecule has 0 saturated carbocycles. The fourth-order valence-corrected chi connectivity index (χ4v) is 3.74. The molecule has 4 aromatic rings. The monoisotopic (exact) mass is 409 g/mol. The SMILES string of the molecule is CN(C)CCn1ccc2cc(NC(=O)CCc3nc(-c4cccs4)no3)ccc21. The first-order valence-corrected chi connectivity index (χ1v) is 10.4. The second kappa shape index (κ2) is 8.59. The molecule has 0 aliphatic rings. The van der Waals surface area contributed by atoms with Crippen LogP contribution >= 0.6 is 11.3 Å². The fourth-order valence-electron chi connectivity index (χ4n) is 3.09. The lowest BCUT2D eigenvalue weighted by molar-refractivity contribution is -0.116. The van der Waals surface area contributed by atoms with Crippen LogP contribution in [-0.2, 0) is 17.8 Å². The molecule has 0 bridgehead atoms. The number of nitrogens with zero attached hydrogens (tertiary/aromatic N) is 4. The van der Waals surface area contributed by atoms with Gasteiger partial charge in [-0.1, -0.05) is 11.2 Å². The molecule has 150 valence electrons. The van der Waals surface area contributed by atoms with Crippen LogP contribution in [0.25, 0.3) is 21.6 Å². The normalized spacial score (nSPS) is 11.4. The largest absolute Gasteiger partial charge is 0.346 e. The van der Waals surface area contributed by atoms with Crippen LogP contribution in [0.1, 0.15) is 12.3 Å². The molecule has 29 heavy (non-hydrogen) atoms. The minimum atomic E-state index is -0.0766. The third kappa shape index (κ3) is 4.72. The minimum absolute atomic E-state index is 0.0766. The van der Waals surface area contributed by atoms with Crippen molar-refractivity contribution < 1.29 is 9.32 Å². The van der Waals surface area contributed by atoms with Crippen LogP contribution in [0.5, 0.6) is 0 Å². The van der Waals surface area contributed by atoms with Gasteiger partial charge in [0.1, 0.15) is 0 Å². The van der Waals surface area contributed by atoms with Gasteiger partial charge in [0.2, 0.25) is 17.6 Å². The molecule has 1 amide bonds. The van der Waals surface area contributed by atoms with Gasteiger partial charge in [-0.3, -0.25) is 4.79 Å². The van der Waals surface area contributed by atoms with Crippen molar-refractivity contribution in [1.29, 1.82) is 0 Å². The van der Waals surface area contributed by atoms with E-state index in [1.165, 1.54) is 0 Å². The van der Waals surface area contributed by atoms with Crippen molar-refractivity contribution in [3.05, 3.63) is 53.9 Å². The molecule has 1 aromatic carbocycles. The Balaban J connectivity index is 1.34. The molecule has 4 rings (SSSR count). The van der Waals surface area contributed by atoms with Crippen molar-refractivity contribution in [3.8, 4) is 10.7 Å². The van der Waals surface area contributed by atoms with Gasteiger partial charge in [-0.05, 0) is 49.8 Å². The van der Waals surface area contributed by atoms with E-state index < -0.39 is 0 Å². The molecule has 0 atom stereocenters. The maximum Gasteiger partial charge on any atom is 0.227 e. The van der Waals surface area contributed by atoms with Crippen LogP contribution in [0.4, 0.5) is 5.69 Å². The van der Waals surface area contributed by atoms with E-state index in [9.17, 15) is 4.79 Å². The number of carbonyl (C=O) groups is 1. The number of hydrogen-bond donors (Lipinski definition) is 1. The summed E-state index contributed by atoms with van der Waals surface area (Å²) in [6, 6.07) is 11.9. The number of nitrogens with one attached hydrogen (secondary N) is 1. The number of carbonyl (C=O) groups excluding carboxylic acids is 1. The first kappa shape index (κ1) is 19.4. The van der Waals surface area contributed by atoms with Crippen LogP contribution < -0.4 is 5.32 Å². The molecule has 1 N–H and O–H groups in total. The lowest BCUT2D eigenvalue weighted by atomic mass is 10.2. The highest BCUT2D eigenvalue weighted by atomic mass is 32.1. The molecule has 3 aromatic heterocycles. The quantitative estimate of drug-likeness (QED) is 0.478. The topological polar surface area (TPSA) is 76.2 Å². The van der Waals surface area contributed by atoms with Gasteiger partial charge >= 0.3 is 0 Å². The summed E-state index contributed by atoms with van der Waals surface area (Å²) >= 11 is 1.55. The smallest absolute Gasteiger partial charge is 0.227 e. The molecule has 7 nitrogen and oxygen atoms in total. The van der Waals surface area contributed by atoms with E-state index >= 15 is 0 Å². The lowest BCUT2D eigenvalue weighted by Crippen LogP contribution is -2.17. The first-order chi connectivity index (χ1) is 14.1. The molecule has 0 fully saturated rings. The van der Waals surface area contributed by atoms with Crippen LogP contribution in [-0.4, -0.2) is 46.2 Å². The molecular weight excluding hydrogens is 386 g/mol. The summed E-state index contributed by atoms with van der Waals surface area (Å²) in [6.45, 7) is 1.91. The summed E-state index contributed by atoms with van der Waals surface area (Å²) < 4.78 is 7.47. The molecule has 0 aliphatic carbocycles. The van der Waals surface area contributed by atoms with Gasteiger partial charge in [0, 0.05) is 48.7 Å². The predicted octanol–water partition coefficient (Wildman–Crippen LogP) is 3.89. The second-order valence-electron chi connectivity index (χ2n) is 7.12. The van der Waals surface area contributed by atoms with Gasteiger partial charge in [-0.25, -0.2) is 0 Å². The summed E-state index contributed by atoms with van der Waals surface area (Å²) in [5, 5.41) is 10.00. The van der Waals surface area contributed by atoms with Gasteiger partial charge in [0.25, 0.3) is 0 Å². The lowest BCUT2D eigenvalue weighted by Gasteiger charge is -2.11. The third-order valence-electron chi connectivity index (χ3n) is 4.62. The maximum atomic E-state index is 12.3. The summed E-state index contributed by atoms with van der Waals surface area (Å²) in [6.07, 6.45) is 2.78. The summed E-state index contributed by atoms with van der Waals surface area (Å²) in [5.41, 5.74) is 1.95. The number of anilines is 1. The fraction of sp³-hybridized carbons (Fsp3) is 0.286. The molecular formula is C21H23N5O2S. The van der Waals surface area contributed by atoms with E-state index in [2.05, 4.69) is 51.3 Å². The van der Waals surface area contributed by atoms with Crippen LogP contribution in [0.15, 0.2) is 52.5 Å². The number of fused-ring (bicyclic) bond motifs is 1. The Kier molecular flexibility index (Phi) is 5.73. The van der Waals surface area contributed by atoms with E-state index in [1.807, 2.05) is 35.7 Å². The molecule has 0 saturated heterocycles. The number of benzene rings is 1. The number of aryl methyl sites for hydroxylation is 1. The van der Waals surface area contributed by atoms with Crippen molar-refractivity contribution in [2.45, 2.75) is 19.4 Å². The van der Waals surface area contributed by atoms with E-state index in [0.29, 0.717) is 18.1 Å². The number of rotatable bonds is 8. The van der Waals surface area contributed by atoms with Crippen molar-refractivity contribution >= 4 is 33.8 Å². The molecule has 0 radical (unpaired) electrons. The van der Waals surface area contributed by atoms with Gasteiger partial charge in [0.15, 0.2) is 0 Å². The average molecular weight is 410 g/mol. The van der Waals surface area contributed by atoms with E-state index in [4.69, 9.17) is 4.52 Å². The molecule has 0 unspecified atom stereocenters. The van der Waals surface area contributed by atoms with Gasteiger partial charge in [0.05, 0.1) is 4.88 Å². The highest BCUT2D eigenvalue weighted by Gasteiger charge is 2.12. The minimum Gasteiger partial charge on any atom is -0.346 e. The predicted molar refractivity (Wildman–Crippen MR) is 115 cm³/mol. The number of hydrogen-bond acceptors (Lipinski definition) is 6. The van der Waals surface area contributed by atoms with Crippen LogP contribution in [0.2, 0.25) is 0 Å².